The van der Waals surface area contributed by atoms with Crippen LogP contribution in [-0.2, 0) is 0 Å². The van der Waals surface area contributed by atoms with Gasteiger partial charge < -0.3 is 20.5 Å². The maximum absolute atomic E-state index is 6.46. The second kappa shape index (κ2) is 11.1. The number of piperazine rings is 1. The maximum atomic E-state index is 6.46. The highest BCUT2D eigenvalue weighted by Gasteiger charge is 2.30. The highest BCUT2D eigenvalue weighted by Crippen LogP contribution is 2.39. The quantitative estimate of drug-likeness (QED) is 0.258. The van der Waals surface area contributed by atoms with E-state index in [4.69, 9.17) is 22.3 Å². The van der Waals surface area contributed by atoms with E-state index in [1.54, 1.807) is 6.33 Å². The Kier molecular flexibility index (Phi) is 7.17. The van der Waals surface area contributed by atoms with Gasteiger partial charge in [0.1, 0.15) is 17.8 Å². The van der Waals surface area contributed by atoms with Gasteiger partial charge in [-0.25, -0.2) is 19.9 Å². The SMILES string of the molecule is Cc1nc(Nc2ccc(-c3cn([C@H]4CC[C@@H](N5CCN(C)CC5)CC4)c4ncnc(N)c34)cc2)nc2cccc(Cl)c12. The summed E-state index contributed by atoms with van der Waals surface area (Å²) in [5.41, 5.74) is 12.1. The molecule has 5 aromatic rings. The van der Waals surface area contributed by atoms with Crippen LogP contribution in [0.25, 0.3) is 33.1 Å². The van der Waals surface area contributed by atoms with Gasteiger partial charge in [0.15, 0.2) is 0 Å². The number of aromatic nitrogens is 5. The van der Waals surface area contributed by atoms with Crippen LogP contribution in [0.4, 0.5) is 17.5 Å². The molecule has 0 atom stereocenters. The fraction of sp³-hybridized carbons (Fsp3) is 0.375. The van der Waals surface area contributed by atoms with E-state index in [1.807, 2.05) is 37.3 Å². The normalized spacial score (nSPS) is 20.4. The standard InChI is InChI=1S/C32H36ClN9/c1-20-28-26(33)4-3-5-27(28)39-32(37-20)38-22-8-6-21(7-9-22)25-18-42(31-29(25)30(34)35-19-36-31)24-12-10-23(11-13-24)41-16-14-40(2)15-17-41/h3-9,18-19,23-24H,10-17H2,1-2H3,(H2,34,35,36)(H,37,38,39)/t23-,24+. The molecule has 0 radical (unpaired) electrons. The molecule has 7 rings (SSSR count). The Hall–Kier alpha value is -3.79. The summed E-state index contributed by atoms with van der Waals surface area (Å²) in [6.45, 7) is 6.64. The summed E-state index contributed by atoms with van der Waals surface area (Å²) in [7, 11) is 2.22. The van der Waals surface area contributed by atoms with E-state index in [-0.39, 0.29) is 0 Å². The molecule has 2 aliphatic rings. The monoisotopic (exact) mass is 581 g/mol. The van der Waals surface area contributed by atoms with Crippen molar-refractivity contribution in [1.82, 2.24) is 34.3 Å². The molecule has 3 aromatic heterocycles. The molecule has 9 nitrogen and oxygen atoms in total. The van der Waals surface area contributed by atoms with Crippen LogP contribution < -0.4 is 11.1 Å². The minimum atomic E-state index is 0.405. The van der Waals surface area contributed by atoms with Gasteiger partial charge >= 0.3 is 0 Å². The van der Waals surface area contributed by atoms with Crippen LogP contribution in [0.5, 0.6) is 0 Å². The second-order valence-electron chi connectivity index (χ2n) is 11.7. The van der Waals surface area contributed by atoms with E-state index in [0.717, 1.165) is 57.3 Å². The summed E-state index contributed by atoms with van der Waals surface area (Å²) in [4.78, 5) is 23.5. The molecule has 0 bridgehead atoms. The predicted octanol–water partition coefficient (Wildman–Crippen LogP) is 6.06. The van der Waals surface area contributed by atoms with Gasteiger partial charge in [0, 0.05) is 61.1 Å². The minimum absolute atomic E-state index is 0.405. The summed E-state index contributed by atoms with van der Waals surface area (Å²) in [6, 6.07) is 15.1. The zero-order valence-electron chi connectivity index (χ0n) is 24.1. The largest absolute Gasteiger partial charge is 0.383 e. The first kappa shape index (κ1) is 27.1. The van der Waals surface area contributed by atoms with Crippen LogP contribution in [0, 0.1) is 6.92 Å². The van der Waals surface area contributed by atoms with E-state index in [2.05, 4.69) is 60.0 Å². The lowest BCUT2D eigenvalue weighted by atomic mass is 9.89. The smallest absolute Gasteiger partial charge is 0.228 e. The number of hydrogen-bond donors (Lipinski definition) is 2. The molecular formula is C32H36ClN9. The average Bonchev–Trinajstić information content (AvgIpc) is 3.39. The molecule has 1 aliphatic carbocycles. The fourth-order valence-electron chi connectivity index (χ4n) is 6.73. The van der Waals surface area contributed by atoms with E-state index >= 15 is 0 Å². The Labute approximate surface area is 250 Å². The Morgan fingerprint density at radius 2 is 1.62 bits per heavy atom. The zero-order valence-corrected chi connectivity index (χ0v) is 24.8. The topological polar surface area (TPSA) is 101 Å². The molecule has 10 heteroatoms. The molecule has 0 spiro atoms. The van der Waals surface area contributed by atoms with Gasteiger partial charge in [-0.1, -0.05) is 29.8 Å². The Bertz CT molecular complexity index is 1730. The molecule has 4 heterocycles. The number of likely N-dealkylation sites (N-methyl/N-ethyl adjacent to an activating group) is 1. The number of nitrogen functional groups attached to an aromatic ring is 1. The van der Waals surface area contributed by atoms with Crippen LogP contribution in [0.1, 0.15) is 37.4 Å². The number of nitrogens with one attached hydrogen (secondary N) is 1. The van der Waals surface area contributed by atoms with Gasteiger partial charge in [-0.05, 0) is 69.5 Å². The zero-order chi connectivity index (χ0) is 28.8. The fourth-order valence-corrected chi connectivity index (χ4v) is 7.04. The van der Waals surface area contributed by atoms with Gasteiger partial charge in [-0.3, -0.25) is 4.90 Å². The lowest BCUT2D eigenvalue weighted by Gasteiger charge is -2.41. The number of fused-ring (bicyclic) bond motifs is 2. The van der Waals surface area contributed by atoms with Gasteiger partial charge in [0.25, 0.3) is 0 Å². The average molecular weight is 582 g/mol. The third kappa shape index (κ3) is 5.06. The number of rotatable bonds is 5. The number of nitrogens with two attached hydrogens (primary N) is 1. The summed E-state index contributed by atoms with van der Waals surface area (Å²) in [6.07, 6.45) is 8.53. The minimum Gasteiger partial charge on any atom is -0.383 e. The Morgan fingerprint density at radius 1 is 0.881 bits per heavy atom. The summed E-state index contributed by atoms with van der Waals surface area (Å²) in [5, 5.41) is 5.81. The maximum Gasteiger partial charge on any atom is 0.228 e. The van der Waals surface area contributed by atoms with Gasteiger partial charge in [-0.2, -0.15) is 0 Å². The van der Waals surface area contributed by atoms with E-state index in [1.165, 1.54) is 39.0 Å². The van der Waals surface area contributed by atoms with Crippen molar-refractivity contribution in [3.8, 4) is 11.1 Å². The highest BCUT2D eigenvalue weighted by molar-refractivity contribution is 6.35. The van der Waals surface area contributed by atoms with Crippen LogP contribution in [0.15, 0.2) is 55.0 Å². The van der Waals surface area contributed by atoms with E-state index < -0.39 is 0 Å². The number of benzene rings is 2. The summed E-state index contributed by atoms with van der Waals surface area (Å²) >= 11 is 6.37. The number of nitrogens with zero attached hydrogens (tertiary/aromatic N) is 7. The van der Waals surface area contributed by atoms with Crippen molar-refractivity contribution in [3.63, 3.8) is 0 Å². The third-order valence-electron chi connectivity index (χ3n) is 9.06. The third-order valence-corrected chi connectivity index (χ3v) is 9.37. The molecule has 1 aliphatic heterocycles. The van der Waals surface area contributed by atoms with Gasteiger partial charge in [0.05, 0.1) is 21.6 Å². The molecule has 2 aromatic carbocycles. The lowest BCUT2D eigenvalue weighted by Crippen LogP contribution is -2.49. The van der Waals surface area contributed by atoms with Gasteiger partial charge in [0.2, 0.25) is 5.95 Å². The van der Waals surface area contributed by atoms with Crippen molar-refractivity contribution in [3.05, 3.63) is 65.7 Å². The molecule has 0 unspecified atom stereocenters. The second-order valence-corrected chi connectivity index (χ2v) is 12.1. The van der Waals surface area contributed by atoms with Crippen molar-refractivity contribution >= 4 is 51.0 Å². The van der Waals surface area contributed by atoms with Crippen LogP contribution in [-0.4, -0.2) is 73.6 Å². The van der Waals surface area contributed by atoms with Gasteiger partial charge in [-0.15, -0.1) is 0 Å². The van der Waals surface area contributed by atoms with Crippen molar-refractivity contribution < 1.29 is 0 Å². The Morgan fingerprint density at radius 3 is 2.38 bits per heavy atom. The first-order valence-corrected chi connectivity index (χ1v) is 15.2. The number of aryl methyl sites for hydroxylation is 1. The summed E-state index contributed by atoms with van der Waals surface area (Å²) in [5.74, 6) is 1.05. The Balaban J connectivity index is 1.13. The molecule has 216 valence electrons. The summed E-state index contributed by atoms with van der Waals surface area (Å²) < 4.78 is 2.35. The first-order chi connectivity index (χ1) is 20.4. The number of anilines is 3. The number of halogens is 1. The van der Waals surface area contributed by atoms with E-state index in [0.29, 0.717) is 28.9 Å². The van der Waals surface area contributed by atoms with Crippen molar-refractivity contribution in [2.45, 2.75) is 44.7 Å². The van der Waals surface area contributed by atoms with E-state index in [9.17, 15) is 0 Å². The van der Waals surface area contributed by atoms with Crippen molar-refractivity contribution in [1.29, 1.82) is 0 Å². The molecule has 3 N–H and O–H groups in total. The first-order valence-electron chi connectivity index (χ1n) is 14.8. The highest BCUT2D eigenvalue weighted by atomic mass is 35.5. The predicted molar refractivity (Wildman–Crippen MR) is 170 cm³/mol. The van der Waals surface area contributed by atoms with Crippen LogP contribution in [0.2, 0.25) is 5.02 Å². The van der Waals surface area contributed by atoms with Crippen LogP contribution >= 0.6 is 11.6 Å². The lowest BCUT2D eigenvalue weighted by molar-refractivity contribution is 0.0828. The molecular weight excluding hydrogens is 546 g/mol. The molecule has 1 saturated heterocycles. The number of hydrogen-bond acceptors (Lipinski definition) is 8. The molecule has 2 fully saturated rings. The molecule has 42 heavy (non-hydrogen) atoms. The molecule has 1 saturated carbocycles. The van der Waals surface area contributed by atoms with Crippen molar-refractivity contribution in [2.24, 2.45) is 0 Å². The molecule has 0 amide bonds. The van der Waals surface area contributed by atoms with Crippen molar-refractivity contribution in [2.75, 3.05) is 44.3 Å². The van der Waals surface area contributed by atoms with Crippen LogP contribution in [0.3, 0.4) is 0 Å².